The van der Waals surface area contributed by atoms with Crippen LogP contribution in [0.1, 0.15) is 51.5 Å². The molecule has 1 fully saturated rings. The van der Waals surface area contributed by atoms with Gasteiger partial charge in [-0.15, -0.1) is 0 Å². The Morgan fingerprint density at radius 3 is 2.28 bits per heavy atom. The molecule has 0 radical (unpaired) electrons. The maximum Gasteiger partial charge on any atom is 0.264 e. The quantitative estimate of drug-likeness (QED) is 0.257. The second kappa shape index (κ2) is 15.3. The summed E-state index contributed by atoms with van der Waals surface area (Å²) in [4.78, 5) is 29.1. The van der Waals surface area contributed by atoms with Crippen LogP contribution in [0.5, 0.6) is 5.75 Å². The molecule has 1 unspecified atom stereocenters. The molecule has 230 valence electrons. The third kappa shape index (κ3) is 8.51. The van der Waals surface area contributed by atoms with Gasteiger partial charge in [0.15, 0.2) is 0 Å². The maximum absolute atomic E-state index is 14.2. The molecular weight excluding hydrogens is 586 g/mol. The van der Waals surface area contributed by atoms with E-state index < -0.39 is 28.5 Å². The van der Waals surface area contributed by atoms with Crippen molar-refractivity contribution in [1.82, 2.24) is 10.2 Å². The fourth-order valence-corrected chi connectivity index (χ4v) is 6.88. The Morgan fingerprint density at radius 2 is 1.60 bits per heavy atom. The first kappa shape index (κ1) is 32.4. The van der Waals surface area contributed by atoms with Crippen LogP contribution in [0.3, 0.4) is 0 Å². The Kier molecular flexibility index (Phi) is 11.5. The number of hydrogen-bond acceptors (Lipinski definition) is 5. The van der Waals surface area contributed by atoms with Crippen LogP contribution in [0.25, 0.3) is 0 Å². The molecule has 8 nitrogen and oxygen atoms in total. The molecule has 3 aromatic carbocycles. The van der Waals surface area contributed by atoms with Gasteiger partial charge >= 0.3 is 0 Å². The first-order valence-corrected chi connectivity index (χ1v) is 16.7. The van der Waals surface area contributed by atoms with Crippen LogP contribution < -0.4 is 14.4 Å². The molecule has 1 aliphatic rings. The van der Waals surface area contributed by atoms with Crippen molar-refractivity contribution in [3.8, 4) is 5.75 Å². The molecule has 4 rings (SSSR count). The smallest absolute Gasteiger partial charge is 0.264 e. The molecule has 0 saturated heterocycles. The van der Waals surface area contributed by atoms with E-state index in [1.807, 2.05) is 30.3 Å². The minimum Gasteiger partial charge on any atom is -0.492 e. The number of amides is 2. The van der Waals surface area contributed by atoms with E-state index >= 15 is 0 Å². The van der Waals surface area contributed by atoms with Gasteiger partial charge in [-0.25, -0.2) is 8.42 Å². The van der Waals surface area contributed by atoms with E-state index in [0.29, 0.717) is 23.8 Å². The van der Waals surface area contributed by atoms with E-state index in [-0.39, 0.29) is 29.1 Å². The zero-order valence-electron chi connectivity index (χ0n) is 24.7. The largest absolute Gasteiger partial charge is 0.492 e. The molecule has 3 aromatic rings. The Bertz CT molecular complexity index is 1460. The number of halogens is 1. The number of hydrogen-bond donors (Lipinski definition) is 1. The average molecular weight is 626 g/mol. The second-order valence-electron chi connectivity index (χ2n) is 10.7. The van der Waals surface area contributed by atoms with E-state index in [1.165, 1.54) is 29.2 Å². The van der Waals surface area contributed by atoms with Gasteiger partial charge < -0.3 is 15.0 Å². The van der Waals surface area contributed by atoms with Crippen LogP contribution in [-0.4, -0.2) is 56.9 Å². The second-order valence-corrected chi connectivity index (χ2v) is 13.0. The number of anilines is 1. The summed E-state index contributed by atoms with van der Waals surface area (Å²) in [6.07, 6.45) is 5.62. The monoisotopic (exact) mass is 625 g/mol. The number of carbonyl (C=O) groups is 2. The Balaban J connectivity index is 1.67. The number of para-hydroxylation sites is 2. The van der Waals surface area contributed by atoms with Gasteiger partial charge in [-0.05, 0) is 75.1 Å². The average Bonchev–Trinajstić information content (AvgIpc) is 3.01. The van der Waals surface area contributed by atoms with Gasteiger partial charge in [-0.3, -0.25) is 13.9 Å². The van der Waals surface area contributed by atoms with E-state index in [9.17, 15) is 18.0 Å². The van der Waals surface area contributed by atoms with Crippen LogP contribution in [0.4, 0.5) is 5.69 Å². The number of sulfonamides is 1. The van der Waals surface area contributed by atoms with Gasteiger partial charge in [-0.1, -0.05) is 73.3 Å². The fourth-order valence-electron chi connectivity index (χ4n) is 5.33. The molecule has 1 atom stereocenters. The number of nitrogens with zero attached hydrogens (tertiary/aromatic N) is 2. The maximum atomic E-state index is 14.2. The molecule has 10 heteroatoms. The standard InChI is InChI=1S/C33H40ClN3O5S/c1-3-42-31-17-11-10-16-30(31)37(43(40,41)29-20-18-27(34)19-21-29)24-32(38)36(23-22-26-12-6-4-7-13-26)25(2)33(39)35-28-14-8-5-9-15-28/h4,6-7,10-13,16-21,25,28H,3,5,8-9,14-15,22-24H2,1-2H3,(H,35,39). The van der Waals surface area contributed by atoms with E-state index in [4.69, 9.17) is 16.3 Å². The van der Waals surface area contributed by atoms with Gasteiger partial charge in [0.2, 0.25) is 11.8 Å². The normalized spacial score (nSPS) is 14.5. The van der Waals surface area contributed by atoms with E-state index in [0.717, 1.165) is 42.0 Å². The summed E-state index contributed by atoms with van der Waals surface area (Å²) in [5, 5.41) is 3.52. The van der Waals surface area contributed by atoms with Crippen molar-refractivity contribution in [3.05, 3.63) is 89.4 Å². The molecule has 1 saturated carbocycles. The van der Waals surface area contributed by atoms with Gasteiger partial charge in [0.1, 0.15) is 18.3 Å². The van der Waals surface area contributed by atoms with Crippen molar-refractivity contribution >= 4 is 39.1 Å². The van der Waals surface area contributed by atoms with Crippen LogP contribution in [0, 0.1) is 0 Å². The van der Waals surface area contributed by atoms with Crippen LogP contribution in [-0.2, 0) is 26.0 Å². The summed E-state index contributed by atoms with van der Waals surface area (Å²) >= 11 is 6.04. The molecule has 0 spiro atoms. The van der Waals surface area contributed by atoms with Crippen molar-refractivity contribution in [3.63, 3.8) is 0 Å². The Hall–Kier alpha value is -3.56. The minimum atomic E-state index is -4.23. The molecule has 0 bridgehead atoms. The SMILES string of the molecule is CCOc1ccccc1N(CC(=O)N(CCc1ccccc1)C(C)C(=O)NC1CCCCC1)S(=O)(=O)c1ccc(Cl)cc1. The highest BCUT2D eigenvalue weighted by atomic mass is 35.5. The van der Waals surface area contributed by atoms with E-state index in [2.05, 4.69) is 5.32 Å². The highest BCUT2D eigenvalue weighted by Crippen LogP contribution is 2.33. The summed E-state index contributed by atoms with van der Waals surface area (Å²) in [5.74, 6) is -0.407. The van der Waals surface area contributed by atoms with Crippen molar-refractivity contribution < 1.29 is 22.7 Å². The molecule has 0 aromatic heterocycles. The van der Waals surface area contributed by atoms with Crippen molar-refractivity contribution in [2.75, 3.05) is 24.0 Å². The van der Waals surface area contributed by atoms with Crippen molar-refractivity contribution in [2.24, 2.45) is 0 Å². The first-order valence-electron chi connectivity index (χ1n) is 14.8. The fraction of sp³-hybridized carbons (Fsp3) is 0.394. The predicted molar refractivity (Wildman–Crippen MR) is 170 cm³/mol. The van der Waals surface area contributed by atoms with Gasteiger partial charge in [0.25, 0.3) is 10.0 Å². The Labute approximate surface area is 260 Å². The number of ether oxygens (including phenoxy) is 1. The van der Waals surface area contributed by atoms with Crippen LogP contribution in [0.2, 0.25) is 5.02 Å². The van der Waals surface area contributed by atoms with E-state index in [1.54, 1.807) is 38.1 Å². The molecule has 0 heterocycles. The lowest BCUT2D eigenvalue weighted by molar-refractivity contribution is -0.139. The van der Waals surface area contributed by atoms with Crippen molar-refractivity contribution in [2.45, 2.75) is 69.4 Å². The van der Waals surface area contributed by atoms with Gasteiger partial charge in [0.05, 0.1) is 17.2 Å². The lowest BCUT2D eigenvalue weighted by atomic mass is 9.95. The number of nitrogens with one attached hydrogen (secondary N) is 1. The summed E-state index contributed by atoms with van der Waals surface area (Å²) < 4.78 is 35.0. The topological polar surface area (TPSA) is 96.0 Å². The number of carbonyl (C=O) groups excluding carboxylic acids is 2. The summed E-state index contributed by atoms with van der Waals surface area (Å²) in [6.45, 7) is 3.53. The summed E-state index contributed by atoms with van der Waals surface area (Å²) in [7, 11) is -4.23. The zero-order valence-corrected chi connectivity index (χ0v) is 26.3. The van der Waals surface area contributed by atoms with Crippen LogP contribution in [0.15, 0.2) is 83.8 Å². The lowest BCUT2D eigenvalue weighted by Crippen LogP contribution is -2.53. The minimum absolute atomic E-state index is 0.0186. The van der Waals surface area contributed by atoms with Crippen molar-refractivity contribution in [1.29, 1.82) is 0 Å². The summed E-state index contributed by atoms with van der Waals surface area (Å²) in [5.41, 5.74) is 1.24. The highest BCUT2D eigenvalue weighted by Gasteiger charge is 2.34. The molecule has 43 heavy (non-hydrogen) atoms. The molecular formula is C33H40ClN3O5S. The molecule has 1 N–H and O–H groups in total. The van der Waals surface area contributed by atoms with Gasteiger partial charge in [0, 0.05) is 17.6 Å². The lowest BCUT2D eigenvalue weighted by Gasteiger charge is -2.33. The predicted octanol–water partition coefficient (Wildman–Crippen LogP) is 5.84. The van der Waals surface area contributed by atoms with Gasteiger partial charge in [-0.2, -0.15) is 0 Å². The number of rotatable bonds is 13. The highest BCUT2D eigenvalue weighted by molar-refractivity contribution is 7.92. The molecule has 2 amide bonds. The zero-order chi connectivity index (χ0) is 30.8. The molecule has 0 aliphatic heterocycles. The Morgan fingerprint density at radius 1 is 0.953 bits per heavy atom. The van der Waals surface area contributed by atoms with Crippen LogP contribution >= 0.6 is 11.6 Å². The third-order valence-corrected chi connectivity index (χ3v) is 9.74. The third-order valence-electron chi connectivity index (χ3n) is 7.72. The molecule has 1 aliphatic carbocycles. The summed E-state index contributed by atoms with van der Waals surface area (Å²) in [6, 6.07) is 21.5. The number of benzene rings is 3. The first-order chi connectivity index (χ1) is 20.7.